The van der Waals surface area contributed by atoms with Gasteiger partial charge in [0.05, 0.1) is 0 Å². The van der Waals surface area contributed by atoms with E-state index in [4.69, 9.17) is 5.11 Å². The maximum Gasteiger partial charge on any atom is 0.319 e. The Balaban J connectivity index is 1.80. The molecule has 0 aliphatic heterocycles. The molecule has 0 heterocycles. The SMILES string of the molecule is CC(C)(CCC(=O)O)NC(=O)Nc1ccc(C(=O)NCCc2ccccc2)cc1. The first-order chi connectivity index (χ1) is 13.7. The van der Waals surface area contributed by atoms with Crippen LogP contribution in [0.4, 0.5) is 10.5 Å². The normalized spacial score (nSPS) is 10.8. The predicted molar refractivity (Wildman–Crippen MR) is 112 cm³/mol. The fourth-order valence-electron chi connectivity index (χ4n) is 2.72. The number of anilines is 1. The average Bonchev–Trinajstić information content (AvgIpc) is 2.67. The Morgan fingerprint density at radius 1 is 0.966 bits per heavy atom. The van der Waals surface area contributed by atoms with Gasteiger partial charge < -0.3 is 21.1 Å². The zero-order chi connectivity index (χ0) is 21.3. The van der Waals surface area contributed by atoms with Crippen LogP contribution in [0.3, 0.4) is 0 Å². The third-order valence-corrected chi connectivity index (χ3v) is 4.36. The number of carboxylic acid groups (broad SMARTS) is 1. The summed E-state index contributed by atoms with van der Waals surface area (Å²) in [7, 11) is 0. The second-order valence-corrected chi connectivity index (χ2v) is 7.43. The maximum atomic E-state index is 12.2. The number of aliphatic carboxylic acids is 1. The zero-order valence-electron chi connectivity index (χ0n) is 16.7. The average molecular weight is 397 g/mol. The van der Waals surface area contributed by atoms with Crippen molar-refractivity contribution in [3.05, 3.63) is 65.7 Å². The van der Waals surface area contributed by atoms with Gasteiger partial charge in [-0.15, -0.1) is 0 Å². The summed E-state index contributed by atoms with van der Waals surface area (Å²) in [5.41, 5.74) is 1.55. The standard InChI is InChI=1S/C22H27N3O4/c1-22(2,14-12-19(26)27)25-21(29)24-18-10-8-17(9-11-18)20(28)23-15-13-16-6-4-3-5-7-16/h3-11H,12-15H2,1-2H3,(H,23,28)(H,26,27)(H2,24,25,29). The number of carbonyl (C=O) groups is 3. The fourth-order valence-corrected chi connectivity index (χ4v) is 2.72. The van der Waals surface area contributed by atoms with Gasteiger partial charge in [-0.1, -0.05) is 30.3 Å². The van der Waals surface area contributed by atoms with Crippen molar-refractivity contribution < 1.29 is 19.5 Å². The lowest BCUT2D eigenvalue weighted by atomic mass is 9.99. The van der Waals surface area contributed by atoms with Crippen molar-refractivity contribution in [3.8, 4) is 0 Å². The molecule has 2 rings (SSSR count). The summed E-state index contributed by atoms with van der Waals surface area (Å²) in [6, 6.07) is 16.1. The van der Waals surface area contributed by atoms with E-state index < -0.39 is 17.5 Å². The lowest BCUT2D eigenvalue weighted by Crippen LogP contribution is -2.45. The van der Waals surface area contributed by atoms with Crippen LogP contribution >= 0.6 is 0 Å². The number of carboxylic acids is 1. The number of urea groups is 1. The Morgan fingerprint density at radius 3 is 2.24 bits per heavy atom. The predicted octanol–water partition coefficient (Wildman–Crippen LogP) is 3.42. The van der Waals surface area contributed by atoms with Gasteiger partial charge in [0.1, 0.15) is 0 Å². The molecule has 0 aliphatic rings. The van der Waals surface area contributed by atoms with E-state index in [0.717, 1.165) is 12.0 Å². The minimum Gasteiger partial charge on any atom is -0.481 e. The second kappa shape index (κ2) is 10.3. The minimum atomic E-state index is -0.905. The first-order valence-electron chi connectivity index (χ1n) is 9.48. The fraction of sp³-hybridized carbons (Fsp3) is 0.318. The number of benzene rings is 2. The van der Waals surface area contributed by atoms with Crippen molar-refractivity contribution in [3.63, 3.8) is 0 Å². The van der Waals surface area contributed by atoms with Crippen LogP contribution in [-0.2, 0) is 11.2 Å². The van der Waals surface area contributed by atoms with Crippen molar-refractivity contribution in [1.29, 1.82) is 0 Å². The van der Waals surface area contributed by atoms with Crippen LogP contribution in [0.2, 0.25) is 0 Å². The summed E-state index contributed by atoms with van der Waals surface area (Å²) in [6.45, 7) is 4.06. The Morgan fingerprint density at radius 2 is 1.62 bits per heavy atom. The Kier molecular flexibility index (Phi) is 7.77. The van der Waals surface area contributed by atoms with Crippen LogP contribution in [0, 0.1) is 0 Å². The molecule has 0 saturated carbocycles. The number of hydrogen-bond acceptors (Lipinski definition) is 3. The molecule has 0 bridgehead atoms. The number of nitrogens with one attached hydrogen (secondary N) is 3. The van der Waals surface area contributed by atoms with Crippen molar-refractivity contribution in [2.75, 3.05) is 11.9 Å². The van der Waals surface area contributed by atoms with E-state index in [1.807, 2.05) is 30.3 Å². The van der Waals surface area contributed by atoms with Crippen molar-refractivity contribution in [2.45, 2.75) is 38.6 Å². The zero-order valence-corrected chi connectivity index (χ0v) is 16.7. The number of rotatable bonds is 9. The quantitative estimate of drug-likeness (QED) is 0.520. The van der Waals surface area contributed by atoms with Crippen molar-refractivity contribution in [1.82, 2.24) is 10.6 Å². The molecule has 0 radical (unpaired) electrons. The molecule has 154 valence electrons. The van der Waals surface area contributed by atoms with Gasteiger partial charge in [0, 0.05) is 29.8 Å². The van der Waals surface area contributed by atoms with Gasteiger partial charge in [-0.3, -0.25) is 9.59 Å². The van der Waals surface area contributed by atoms with Crippen LogP contribution in [0.25, 0.3) is 0 Å². The smallest absolute Gasteiger partial charge is 0.319 e. The molecule has 0 saturated heterocycles. The molecule has 7 heteroatoms. The van der Waals surface area contributed by atoms with Crippen LogP contribution < -0.4 is 16.0 Å². The Bertz CT molecular complexity index is 833. The minimum absolute atomic E-state index is 0.0264. The maximum absolute atomic E-state index is 12.2. The Hall–Kier alpha value is -3.35. The highest BCUT2D eigenvalue weighted by Gasteiger charge is 2.21. The van der Waals surface area contributed by atoms with E-state index in [1.54, 1.807) is 38.1 Å². The molecule has 0 unspecified atom stereocenters. The van der Waals surface area contributed by atoms with Gasteiger partial charge in [0.15, 0.2) is 0 Å². The molecule has 3 amide bonds. The molecule has 0 fully saturated rings. The van der Waals surface area contributed by atoms with Gasteiger partial charge >= 0.3 is 12.0 Å². The van der Waals surface area contributed by atoms with Gasteiger partial charge in [-0.05, 0) is 56.5 Å². The highest BCUT2D eigenvalue weighted by atomic mass is 16.4. The van der Waals surface area contributed by atoms with E-state index >= 15 is 0 Å². The van der Waals surface area contributed by atoms with Crippen LogP contribution in [0.5, 0.6) is 0 Å². The topological polar surface area (TPSA) is 108 Å². The van der Waals surface area contributed by atoms with Crippen molar-refractivity contribution >= 4 is 23.6 Å². The van der Waals surface area contributed by atoms with E-state index in [9.17, 15) is 14.4 Å². The van der Waals surface area contributed by atoms with Gasteiger partial charge in [0.25, 0.3) is 5.91 Å². The molecule has 2 aromatic rings. The molecule has 0 atom stereocenters. The Labute approximate surface area is 170 Å². The molecule has 0 aliphatic carbocycles. The first kappa shape index (κ1) is 21.9. The number of amides is 3. The highest BCUT2D eigenvalue weighted by molar-refractivity contribution is 5.95. The van der Waals surface area contributed by atoms with Gasteiger partial charge in [0.2, 0.25) is 0 Å². The molecular weight excluding hydrogens is 370 g/mol. The van der Waals surface area contributed by atoms with Gasteiger partial charge in [-0.25, -0.2) is 4.79 Å². The highest BCUT2D eigenvalue weighted by Crippen LogP contribution is 2.13. The molecule has 7 nitrogen and oxygen atoms in total. The van der Waals surface area contributed by atoms with E-state index in [1.165, 1.54) is 0 Å². The summed E-state index contributed by atoms with van der Waals surface area (Å²) in [5.74, 6) is -1.08. The summed E-state index contributed by atoms with van der Waals surface area (Å²) >= 11 is 0. The summed E-state index contributed by atoms with van der Waals surface area (Å²) in [6.07, 6.45) is 1.04. The van der Waals surface area contributed by atoms with Crippen LogP contribution in [-0.4, -0.2) is 35.1 Å². The molecule has 29 heavy (non-hydrogen) atoms. The van der Waals surface area contributed by atoms with Crippen LogP contribution in [0.1, 0.15) is 42.6 Å². The number of carbonyl (C=O) groups excluding carboxylic acids is 2. The molecule has 2 aromatic carbocycles. The number of hydrogen-bond donors (Lipinski definition) is 4. The first-order valence-corrected chi connectivity index (χ1v) is 9.48. The molecule has 0 aromatic heterocycles. The largest absolute Gasteiger partial charge is 0.481 e. The van der Waals surface area contributed by atoms with E-state index in [0.29, 0.717) is 24.2 Å². The summed E-state index contributed by atoms with van der Waals surface area (Å²) in [4.78, 5) is 35.0. The van der Waals surface area contributed by atoms with Gasteiger partial charge in [-0.2, -0.15) is 0 Å². The summed E-state index contributed by atoms with van der Waals surface area (Å²) < 4.78 is 0. The molecule has 4 N–H and O–H groups in total. The monoisotopic (exact) mass is 397 g/mol. The molecule has 0 spiro atoms. The third-order valence-electron chi connectivity index (χ3n) is 4.36. The van der Waals surface area contributed by atoms with E-state index in [-0.39, 0.29) is 12.3 Å². The lowest BCUT2D eigenvalue weighted by Gasteiger charge is -2.25. The molecular formula is C22H27N3O4. The lowest BCUT2D eigenvalue weighted by molar-refractivity contribution is -0.137. The third kappa shape index (κ3) is 8.04. The van der Waals surface area contributed by atoms with E-state index in [2.05, 4.69) is 16.0 Å². The van der Waals surface area contributed by atoms with Crippen molar-refractivity contribution in [2.24, 2.45) is 0 Å². The van der Waals surface area contributed by atoms with Crippen LogP contribution in [0.15, 0.2) is 54.6 Å². The summed E-state index contributed by atoms with van der Waals surface area (Å²) in [5, 5.41) is 17.1. The second-order valence-electron chi connectivity index (χ2n) is 7.43.